The third kappa shape index (κ3) is 3.97. The number of carbonyl (C=O) groups is 2. The number of ether oxygens (including phenoxy) is 2. The Morgan fingerprint density at radius 2 is 1.73 bits per heavy atom. The molecule has 2 aliphatic rings. The van der Waals surface area contributed by atoms with E-state index < -0.39 is 11.6 Å². The third-order valence-corrected chi connectivity index (χ3v) is 6.37. The predicted octanol–water partition coefficient (Wildman–Crippen LogP) is 3.99. The van der Waals surface area contributed by atoms with Gasteiger partial charge < -0.3 is 19.7 Å². The minimum Gasteiger partial charge on any atom is -0.411 e. The second kappa shape index (κ2) is 8.80. The van der Waals surface area contributed by atoms with Crippen LogP contribution in [0.2, 0.25) is 0 Å². The van der Waals surface area contributed by atoms with E-state index in [4.69, 9.17) is 9.47 Å². The molecule has 2 amide bonds. The summed E-state index contributed by atoms with van der Waals surface area (Å²) in [6.07, 6.45) is 4.29. The van der Waals surface area contributed by atoms with Gasteiger partial charge in [0.2, 0.25) is 0 Å². The van der Waals surface area contributed by atoms with E-state index in [0.717, 1.165) is 42.4 Å². The largest absolute Gasteiger partial charge is 0.414 e. The summed E-state index contributed by atoms with van der Waals surface area (Å²) in [4.78, 5) is 27.4. The molecule has 6 nitrogen and oxygen atoms in total. The number of methoxy groups -OCH3 is 1. The highest BCUT2D eigenvalue weighted by atomic mass is 16.6. The van der Waals surface area contributed by atoms with Gasteiger partial charge in [0.25, 0.3) is 5.91 Å². The monoisotopic (exact) mass is 414 g/mol. The lowest BCUT2D eigenvalue weighted by atomic mass is 9.78. The summed E-state index contributed by atoms with van der Waals surface area (Å²) >= 11 is 0. The van der Waals surface area contributed by atoms with Crippen molar-refractivity contribution in [1.29, 1.82) is 0 Å². The molecule has 1 saturated carbocycles. The molecule has 1 aromatic carbocycles. The fourth-order valence-electron chi connectivity index (χ4n) is 4.73. The molecule has 0 saturated heterocycles. The average molecular weight is 415 g/mol. The normalized spacial score (nSPS) is 23.7. The van der Waals surface area contributed by atoms with E-state index in [2.05, 4.69) is 38.2 Å². The van der Waals surface area contributed by atoms with Crippen LogP contribution in [-0.4, -0.2) is 49.7 Å². The van der Waals surface area contributed by atoms with Crippen molar-refractivity contribution in [3.63, 3.8) is 0 Å². The van der Waals surface area contributed by atoms with Gasteiger partial charge in [-0.05, 0) is 62.1 Å². The smallest absolute Gasteiger partial charge is 0.411 e. The van der Waals surface area contributed by atoms with Gasteiger partial charge in [0.05, 0.1) is 17.2 Å². The minimum atomic E-state index is -0.659. The topological polar surface area (TPSA) is 67.9 Å². The number of hydrogen-bond donors (Lipinski definition) is 1. The van der Waals surface area contributed by atoms with E-state index >= 15 is 0 Å². The molecule has 1 aliphatic carbocycles. The molecule has 0 bridgehead atoms. The first-order valence-corrected chi connectivity index (χ1v) is 10.9. The van der Waals surface area contributed by atoms with Gasteiger partial charge in [0.1, 0.15) is 5.76 Å². The lowest BCUT2D eigenvalue weighted by Crippen LogP contribution is -2.49. The molecule has 1 N–H and O–H groups in total. The number of rotatable bonds is 5. The maximum atomic E-state index is 13.4. The molecule has 30 heavy (non-hydrogen) atoms. The minimum absolute atomic E-state index is 0.152. The first kappa shape index (κ1) is 22.3. The molecule has 0 aromatic heterocycles. The Balaban J connectivity index is 2.21. The average Bonchev–Trinajstić information content (AvgIpc) is 2.98. The van der Waals surface area contributed by atoms with Crippen molar-refractivity contribution in [3.8, 4) is 0 Å². The maximum Gasteiger partial charge on any atom is 0.414 e. The number of benzene rings is 1. The molecule has 1 fully saturated rings. The van der Waals surface area contributed by atoms with Gasteiger partial charge in [-0.3, -0.25) is 4.79 Å². The first-order valence-electron chi connectivity index (χ1n) is 10.9. The van der Waals surface area contributed by atoms with Gasteiger partial charge in [-0.25, -0.2) is 4.79 Å². The van der Waals surface area contributed by atoms with E-state index in [9.17, 15) is 9.59 Å². The van der Waals surface area contributed by atoms with E-state index in [1.54, 1.807) is 21.2 Å². The van der Waals surface area contributed by atoms with E-state index in [-0.39, 0.29) is 12.0 Å². The van der Waals surface area contributed by atoms with E-state index in [0.29, 0.717) is 24.2 Å². The summed E-state index contributed by atoms with van der Waals surface area (Å²) in [6.45, 7) is 6.26. The van der Waals surface area contributed by atoms with E-state index in [1.165, 1.54) is 10.5 Å². The second-order valence-electron chi connectivity index (χ2n) is 8.60. The van der Waals surface area contributed by atoms with Gasteiger partial charge in [0.15, 0.2) is 0 Å². The Morgan fingerprint density at radius 3 is 2.20 bits per heavy atom. The molecule has 0 radical (unpaired) electrons. The molecule has 1 aliphatic heterocycles. The summed E-state index contributed by atoms with van der Waals surface area (Å²) in [7, 11) is 5.03. The fourth-order valence-corrected chi connectivity index (χ4v) is 4.73. The van der Waals surface area contributed by atoms with Crippen LogP contribution < -0.4 is 5.32 Å². The zero-order valence-corrected chi connectivity index (χ0v) is 19.1. The van der Waals surface area contributed by atoms with Crippen molar-refractivity contribution in [2.75, 3.05) is 21.2 Å². The molecule has 1 aromatic rings. The SMILES string of the molecule is CCc1cc(C)cc(CC)c1C1=C(OC(=O)N(C)C)C2(CCC(OC)CC2)NC1=O. The van der Waals surface area contributed by atoms with Crippen molar-refractivity contribution in [2.24, 2.45) is 0 Å². The van der Waals surface area contributed by atoms with Crippen LogP contribution in [0, 0.1) is 6.92 Å². The highest BCUT2D eigenvalue weighted by molar-refractivity contribution is 6.24. The third-order valence-electron chi connectivity index (χ3n) is 6.37. The molecule has 3 rings (SSSR count). The Morgan fingerprint density at radius 1 is 1.17 bits per heavy atom. The van der Waals surface area contributed by atoms with Crippen LogP contribution in [0.5, 0.6) is 0 Å². The summed E-state index contributed by atoms with van der Waals surface area (Å²) < 4.78 is 11.5. The fraction of sp³-hybridized carbons (Fsp3) is 0.583. The zero-order chi connectivity index (χ0) is 22.1. The van der Waals surface area contributed by atoms with Crippen LogP contribution in [-0.2, 0) is 27.1 Å². The van der Waals surface area contributed by atoms with Gasteiger partial charge >= 0.3 is 6.09 Å². The van der Waals surface area contributed by atoms with Crippen molar-refractivity contribution in [2.45, 2.75) is 70.9 Å². The van der Waals surface area contributed by atoms with Crippen LogP contribution in [0.3, 0.4) is 0 Å². The molecular weight excluding hydrogens is 380 g/mol. The Kier molecular flexibility index (Phi) is 6.56. The number of carbonyl (C=O) groups excluding carboxylic acids is 2. The molecular formula is C24H34N2O4. The molecule has 164 valence electrons. The summed E-state index contributed by atoms with van der Waals surface area (Å²) in [5, 5.41) is 3.21. The quantitative estimate of drug-likeness (QED) is 0.791. The molecule has 1 spiro atoms. The predicted molar refractivity (Wildman–Crippen MR) is 117 cm³/mol. The van der Waals surface area contributed by atoms with Gasteiger partial charge in [-0.15, -0.1) is 0 Å². The van der Waals surface area contributed by atoms with Crippen molar-refractivity contribution in [3.05, 3.63) is 40.1 Å². The summed E-state index contributed by atoms with van der Waals surface area (Å²) in [6, 6.07) is 4.26. The highest BCUT2D eigenvalue weighted by Gasteiger charge is 2.50. The zero-order valence-electron chi connectivity index (χ0n) is 19.1. The molecule has 6 heteroatoms. The van der Waals surface area contributed by atoms with Crippen molar-refractivity contribution < 1.29 is 19.1 Å². The molecule has 1 heterocycles. The van der Waals surface area contributed by atoms with Gasteiger partial charge in [0, 0.05) is 21.2 Å². The Hall–Kier alpha value is -2.34. The van der Waals surface area contributed by atoms with Crippen LogP contribution >= 0.6 is 0 Å². The number of amides is 2. The number of hydrogen-bond acceptors (Lipinski definition) is 4. The number of nitrogens with zero attached hydrogens (tertiary/aromatic N) is 1. The Bertz CT molecular complexity index is 839. The van der Waals surface area contributed by atoms with Crippen LogP contribution in [0.25, 0.3) is 5.57 Å². The lowest BCUT2D eigenvalue weighted by molar-refractivity contribution is -0.116. The Labute approximate surface area is 179 Å². The molecule has 0 atom stereocenters. The maximum absolute atomic E-state index is 13.4. The molecule has 0 unspecified atom stereocenters. The second-order valence-corrected chi connectivity index (χ2v) is 8.60. The van der Waals surface area contributed by atoms with Gasteiger partial charge in [-0.1, -0.05) is 31.5 Å². The number of aryl methyl sites for hydroxylation is 3. The standard InChI is InChI=1S/C24H34N2O4/c1-7-16-13-15(3)14-17(8-2)19(16)20-21(30-23(28)26(4)5)24(25-22(20)27)11-9-18(29-6)10-12-24/h13-14,18H,7-12H2,1-6H3,(H,25,27). The first-order chi connectivity index (χ1) is 14.3. The van der Waals surface area contributed by atoms with Crippen LogP contribution in [0.1, 0.15) is 61.8 Å². The summed E-state index contributed by atoms with van der Waals surface area (Å²) in [5.41, 5.74) is 4.18. The van der Waals surface area contributed by atoms with Gasteiger partial charge in [-0.2, -0.15) is 0 Å². The van der Waals surface area contributed by atoms with E-state index in [1.807, 2.05) is 0 Å². The lowest BCUT2D eigenvalue weighted by Gasteiger charge is -2.38. The summed E-state index contributed by atoms with van der Waals surface area (Å²) in [5.74, 6) is 0.328. The van der Waals surface area contributed by atoms with Crippen LogP contribution in [0.4, 0.5) is 4.79 Å². The highest BCUT2D eigenvalue weighted by Crippen LogP contribution is 2.45. The van der Waals surface area contributed by atoms with Crippen molar-refractivity contribution >= 4 is 17.6 Å². The van der Waals surface area contributed by atoms with Crippen LogP contribution in [0.15, 0.2) is 17.9 Å². The number of nitrogens with one attached hydrogen (secondary N) is 1. The van der Waals surface area contributed by atoms with Crippen molar-refractivity contribution in [1.82, 2.24) is 10.2 Å².